The fraction of sp³-hybridized carbons (Fsp3) is 0.625. The molecule has 126 valence electrons. The molecule has 1 rings (SSSR count). The Balaban J connectivity index is 3.38. The van der Waals surface area contributed by atoms with Gasteiger partial charge in [-0.15, -0.1) is 4.94 Å². The molecule has 0 aliphatic heterocycles. The lowest BCUT2D eigenvalue weighted by Crippen LogP contribution is -2.37. The lowest BCUT2D eigenvalue weighted by molar-refractivity contribution is -0.471. The van der Waals surface area contributed by atoms with Crippen molar-refractivity contribution < 1.29 is 28.4 Å². The van der Waals surface area contributed by atoms with E-state index < -0.39 is 5.97 Å². The van der Waals surface area contributed by atoms with Crippen LogP contribution in [0.5, 0.6) is 11.5 Å². The minimum atomic E-state index is -1.98. The van der Waals surface area contributed by atoms with Crippen molar-refractivity contribution in [2.24, 2.45) is 0 Å². The lowest BCUT2D eigenvalue weighted by Gasteiger charge is -2.32. The highest BCUT2D eigenvalue weighted by Crippen LogP contribution is 2.42. The predicted molar refractivity (Wildman–Crippen MR) is 80.5 cm³/mol. The van der Waals surface area contributed by atoms with Crippen molar-refractivity contribution in [3.63, 3.8) is 0 Å². The molecule has 0 amide bonds. The predicted octanol–water partition coefficient (Wildman–Crippen LogP) is 3.96. The molecule has 0 N–H and O–H groups in total. The maximum atomic E-state index is 13.5. The van der Waals surface area contributed by atoms with Gasteiger partial charge in [-0.3, -0.25) is 0 Å². The third kappa shape index (κ3) is 4.32. The SMILES string of the molecule is CCCOC(OF)(OC(C)C)c1cccc(OC)c1OCC. The topological polar surface area (TPSA) is 46.2 Å². The monoisotopic (exact) mass is 316 g/mol. The number of hydrogen-bond acceptors (Lipinski definition) is 5. The van der Waals surface area contributed by atoms with Gasteiger partial charge in [-0.25, -0.2) is 0 Å². The summed E-state index contributed by atoms with van der Waals surface area (Å²) in [5, 5.41) is 0. The molecule has 0 aliphatic rings. The molecule has 0 spiro atoms. The zero-order chi connectivity index (χ0) is 16.6. The van der Waals surface area contributed by atoms with Gasteiger partial charge in [-0.1, -0.05) is 13.0 Å². The Morgan fingerprint density at radius 2 is 1.95 bits per heavy atom. The molecule has 0 fully saturated rings. The first kappa shape index (κ1) is 18.7. The largest absolute Gasteiger partial charge is 0.493 e. The highest BCUT2D eigenvalue weighted by Gasteiger charge is 2.42. The summed E-state index contributed by atoms with van der Waals surface area (Å²) in [6.45, 7) is 7.91. The Hall–Kier alpha value is -1.37. The molecule has 0 radical (unpaired) electrons. The number of rotatable bonds is 10. The minimum Gasteiger partial charge on any atom is -0.493 e. The average molecular weight is 316 g/mol. The maximum Gasteiger partial charge on any atom is 0.349 e. The molecule has 22 heavy (non-hydrogen) atoms. The first-order valence-corrected chi connectivity index (χ1v) is 7.46. The van der Waals surface area contributed by atoms with Crippen LogP contribution >= 0.6 is 0 Å². The van der Waals surface area contributed by atoms with Gasteiger partial charge in [-0.2, -0.15) is 0 Å². The summed E-state index contributed by atoms with van der Waals surface area (Å²) in [6.07, 6.45) is 0.355. The highest BCUT2D eigenvalue weighted by atomic mass is 19.3. The van der Waals surface area contributed by atoms with Crippen molar-refractivity contribution in [3.8, 4) is 11.5 Å². The summed E-state index contributed by atoms with van der Waals surface area (Å²) in [5.74, 6) is -1.20. The Kier molecular flexibility index (Phi) is 7.58. The van der Waals surface area contributed by atoms with Gasteiger partial charge in [0.05, 0.1) is 32.0 Å². The summed E-state index contributed by atoms with van der Waals surface area (Å²) >= 11 is 0. The maximum absolute atomic E-state index is 13.5. The van der Waals surface area contributed by atoms with E-state index >= 15 is 0 Å². The second-order valence-electron chi connectivity index (χ2n) is 4.92. The fourth-order valence-corrected chi connectivity index (χ4v) is 2.01. The van der Waals surface area contributed by atoms with Gasteiger partial charge < -0.3 is 18.9 Å². The van der Waals surface area contributed by atoms with E-state index in [1.165, 1.54) is 7.11 Å². The summed E-state index contributed by atoms with van der Waals surface area (Å²) in [7, 11) is 1.51. The third-order valence-corrected chi connectivity index (χ3v) is 2.81. The number of benzene rings is 1. The van der Waals surface area contributed by atoms with Gasteiger partial charge in [0.2, 0.25) is 0 Å². The first-order valence-electron chi connectivity index (χ1n) is 7.46. The van der Waals surface area contributed by atoms with Crippen LogP contribution in [0, 0.1) is 0 Å². The number of methoxy groups -OCH3 is 1. The Morgan fingerprint density at radius 1 is 1.23 bits per heavy atom. The zero-order valence-corrected chi connectivity index (χ0v) is 13.8. The van der Waals surface area contributed by atoms with Crippen LogP contribution in [0.25, 0.3) is 0 Å². The van der Waals surface area contributed by atoms with Gasteiger partial charge in [-0.05, 0) is 43.9 Å². The molecule has 5 nitrogen and oxygen atoms in total. The Morgan fingerprint density at radius 3 is 2.45 bits per heavy atom. The first-order chi connectivity index (χ1) is 10.5. The molecule has 0 bridgehead atoms. The van der Waals surface area contributed by atoms with Crippen molar-refractivity contribution in [2.45, 2.75) is 46.2 Å². The zero-order valence-electron chi connectivity index (χ0n) is 13.8. The van der Waals surface area contributed by atoms with Crippen LogP contribution < -0.4 is 9.47 Å². The van der Waals surface area contributed by atoms with Crippen molar-refractivity contribution in [1.29, 1.82) is 0 Å². The summed E-state index contributed by atoms with van der Waals surface area (Å²) in [4.78, 5) is 4.14. The fourth-order valence-electron chi connectivity index (χ4n) is 2.01. The van der Waals surface area contributed by atoms with E-state index in [1.54, 1.807) is 32.0 Å². The van der Waals surface area contributed by atoms with Gasteiger partial charge in [0, 0.05) is 0 Å². The van der Waals surface area contributed by atoms with E-state index in [9.17, 15) is 4.53 Å². The highest BCUT2D eigenvalue weighted by molar-refractivity contribution is 5.48. The average Bonchev–Trinajstić information content (AvgIpc) is 2.51. The van der Waals surface area contributed by atoms with E-state index in [-0.39, 0.29) is 12.7 Å². The van der Waals surface area contributed by atoms with Crippen LogP contribution in [0.4, 0.5) is 4.53 Å². The van der Waals surface area contributed by atoms with Crippen LogP contribution in [-0.4, -0.2) is 26.4 Å². The number of para-hydroxylation sites is 1. The lowest BCUT2D eigenvalue weighted by atomic mass is 10.1. The standard InChI is InChI=1S/C16H25FO5/c1-6-11-20-16(22-17,21-12(3)4)13-9-8-10-14(18-5)15(13)19-7-2/h8-10,12H,6-7,11H2,1-5H3. The Labute approximate surface area is 131 Å². The molecular weight excluding hydrogens is 291 g/mol. The van der Waals surface area contributed by atoms with Crippen LogP contribution in [0.15, 0.2) is 18.2 Å². The van der Waals surface area contributed by atoms with E-state index in [0.29, 0.717) is 30.1 Å². The van der Waals surface area contributed by atoms with E-state index in [2.05, 4.69) is 4.94 Å². The van der Waals surface area contributed by atoms with Crippen LogP contribution in [0.1, 0.15) is 39.7 Å². The summed E-state index contributed by atoms with van der Waals surface area (Å²) in [6, 6.07) is 5.04. The molecule has 0 heterocycles. The van der Waals surface area contributed by atoms with Crippen LogP contribution in [-0.2, 0) is 20.4 Å². The van der Waals surface area contributed by atoms with Gasteiger partial charge in [0.15, 0.2) is 11.5 Å². The van der Waals surface area contributed by atoms with Gasteiger partial charge in [0.1, 0.15) is 0 Å². The smallest absolute Gasteiger partial charge is 0.349 e. The molecule has 6 heteroatoms. The van der Waals surface area contributed by atoms with Crippen molar-refractivity contribution in [1.82, 2.24) is 0 Å². The van der Waals surface area contributed by atoms with Crippen LogP contribution in [0.2, 0.25) is 0 Å². The van der Waals surface area contributed by atoms with Crippen LogP contribution in [0.3, 0.4) is 0 Å². The summed E-state index contributed by atoms with van der Waals surface area (Å²) < 4.78 is 35.5. The number of ether oxygens (including phenoxy) is 4. The van der Waals surface area contributed by atoms with E-state index in [0.717, 1.165) is 0 Å². The van der Waals surface area contributed by atoms with Gasteiger partial charge >= 0.3 is 5.97 Å². The molecule has 0 saturated heterocycles. The third-order valence-electron chi connectivity index (χ3n) is 2.81. The number of halogens is 1. The second-order valence-corrected chi connectivity index (χ2v) is 4.92. The molecule has 0 aromatic heterocycles. The molecule has 0 saturated carbocycles. The van der Waals surface area contributed by atoms with E-state index in [1.807, 2.05) is 13.8 Å². The minimum absolute atomic E-state index is 0.263. The quantitative estimate of drug-likeness (QED) is 0.611. The van der Waals surface area contributed by atoms with Crippen molar-refractivity contribution in [2.75, 3.05) is 20.3 Å². The number of hydrogen-bond donors (Lipinski definition) is 0. The molecule has 1 aromatic carbocycles. The second kappa shape index (κ2) is 8.92. The molecule has 0 aliphatic carbocycles. The van der Waals surface area contributed by atoms with Gasteiger partial charge in [0.25, 0.3) is 0 Å². The molecule has 1 unspecified atom stereocenters. The van der Waals surface area contributed by atoms with Crippen molar-refractivity contribution >= 4 is 0 Å². The molecule has 1 atom stereocenters. The van der Waals surface area contributed by atoms with Crippen molar-refractivity contribution in [3.05, 3.63) is 23.8 Å². The Bertz CT molecular complexity index is 452. The summed E-state index contributed by atoms with van der Waals surface area (Å²) in [5.41, 5.74) is 0.290. The van der Waals surface area contributed by atoms with E-state index in [4.69, 9.17) is 18.9 Å². The molecule has 1 aromatic rings. The molecular formula is C16H25FO5. The normalized spacial score (nSPS) is 14.0.